The SMILES string of the molecule is CC(C)(C)NC(=O)N1OC1c1ccc(-c2ccccc2)cc1. The van der Waals surface area contributed by atoms with E-state index in [1.165, 1.54) is 10.6 Å². The lowest BCUT2D eigenvalue weighted by Gasteiger charge is -2.19. The Morgan fingerprint density at radius 1 is 1.00 bits per heavy atom. The van der Waals surface area contributed by atoms with Gasteiger partial charge in [0, 0.05) is 11.1 Å². The molecular formula is C18H20N2O2. The van der Waals surface area contributed by atoms with Crippen LogP contribution in [-0.2, 0) is 4.84 Å². The number of urea groups is 1. The first-order valence-electron chi connectivity index (χ1n) is 7.37. The second-order valence-electron chi connectivity index (χ2n) is 6.45. The Labute approximate surface area is 130 Å². The minimum atomic E-state index is -0.285. The third kappa shape index (κ3) is 3.28. The quantitative estimate of drug-likeness (QED) is 0.848. The number of carbonyl (C=O) groups excluding carboxylic acids is 1. The molecule has 1 N–H and O–H groups in total. The maximum absolute atomic E-state index is 12.0. The highest BCUT2D eigenvalue weighted by atomic mass is 16.8. The number of hydrogen-bond acceptors (Lipinski definition) is 2. The van der Waals surface area contributed by atoms with Gasteiger partial charge in [-0.3, -0.25) is 0 Å². The molecule has 1 atom stereocenters. The van der Waals surface area contributed by atoms with Gasteiger partial charge in [-0.25, -0.2) is 9.63 Å². The summed E-state index contributed by atoms with van der Waals surface area (Å²) in [4.78, 5) is 17.4. The maximum Gasteiger partial charge on any atom is 0.344 e. The Bertz CT molecular complexity index is 660. The molecule has 1 saturated heterocycles. The number of nitrogens with one attached hydrogen (secondary N) is 1. The molecule has 0 aliphatic carbocycles. The summed E-state index contributed by atoms with van der Waals surface area (Å²) in [5.74, 6) is 0. The summed E-state index contributed by atoms with van der Waals surface area (Å²) in [6.45, 7) is 5.83. The molecule has 1 heterocycles. The van der Waals surface area contributed by atoms with Crippen molar-refractivity contribution in [3.63, 3.8) is 0 Å². The predicted octanol–water partition coefficient (Wildman–Crippen LogP) is 4.11. The molecule has 2 aromatic rings. The van der Waals surface area contributed by atoms with Crippen LogP contribution in [0.2, 0.25) is 0 Å². The first-order valence-corrected chi connectivity index (χ1v) is 7.37. The largest absolute Gasteiger partial charge is 0.344 e. The number of benzene rings is 2. The zero-order valence-corrected chi connectivity index (χ0v) is 13.0. The van der Waals surface area contributed by atoms with Crippen molar-refractivity contribution in [2.75, 3.05) is 0 Å². The van der Waals surface area contributed by atoms with E-state index in [2.05, 4.69) is 17.4 Å². The third-order valence-corrected chi connectivity index (χ3v) is 3.37. The van der Waals surface area contributed by atoms with Crippen molar-refractivity contribution in [2.45, 2.75) is 32.5 Å². The van der Waals surface area contributed by atoms with E-state index in [1.54, 1.807) is 0 Å². The second-order valence-corrected chi connectivity index (χ2v) is 6.45. The Hall–Kier alpha value is -2.33. The summed E-state index contributed by atoms with van der Waals surface area (Å²) in [7, 11) is 0. The van der Waals surface area contributed by atoms with Gasteiger partial charge in [0.05, 0.1) is 0 Å². The molecule has 2 aromatic carbocycles. The molecule has 0 aromatic heterocycles. The fraction of sp³-hybridized carbons (Fsp3) is 0.278. The average Bonchev–Trinajstić information content (AvgIpc) is 3.27. The zero-order valence-electron chi connectivity index (χ0n) is 13.0. The first kappa shape index (κ1) is 14.6. The van der Waals surface area contributed by atoms with E-state index in [4.69, 9.17) is 4.84 Å². The molecule has 2 amide bonds. The minimum absolute atomic E-state index is 0.204. The molecule has 0 bridgehead atoms. The summed E-state index contributed by atoms with van der Waals surface area (Å²) < 4.78 is 0. The van der Waals surface area contributed by atoms with Gasteiger partial charge in [-0.05, 0) is 31.9 Å². The second kappa shape index (κ2) is 5.46. The molecule has 0 radical (unpaired) electrons. The van der Waals surface area contributed by atoms with Gasteiger partial charge < -0.3 is 5.32 Å². The van der Waals surface area contributed by atoms with Gasteiger partial charge in [-0.15, -0.1) is 0 Å². The topological polar surface area (TPSA) is 44.6 Å². The van der Waals surface area contributed by atoms with Crippen molar-refractivity contribution in [1.82, 2.24) is 10.4 Å². The summed E-state index contributed by atoms with van der Waals surface area (Å²) in [6, 6.07) is 18.1. The number of hydrogen-bond donors (Lipinski definition) is 1. The molecule has 3 rings (SSSR count). The number of nitrogens with zero attached hydrogens (tertiary/aromatic N) is 1. The third-order valence-electron chi connectivity index (χ3n) is 3.37. The Morgan fingerprint density at radius 2 is 1.59 bits per heavy atom. The highest BCUT2D eigenvalue weighted by Gasteiger charge is 2.43. The predicted molar refractivity (Wildman–Crippen MR) is 85.8 cm³/mol. The van der Waals surface area contributed by atoms with Crippen LogP contribution in [0.4, 0.5) is 4.79 Å². The van der Waals surface area contributed by atoms with Crippen LogP contribution < -0.4 is 5.32 Å². The number of carbonyl (C=O) groups is 1. The molecular weight excluding hydrogens is 276 g/mol. The zero-order chi connectivity index (χ0) is 15.7. The lowest BCUT2D eigenvalue weighted by Crippen LogP contribution is -2.43. The number of amides is 2. The van der Waals surface area contributed by atoms with E-state index in [0.717, 1.165) is 11.1 Å². The van der Waals surface area contributed by atoms with Crippen molar-refractivity contribution in [2.24, 2.45) is 0 Å². The molecule has 1 aliphatic rings. The summed E-state index contributed by atoms with van der Waals surface area (Å²) in [5, 5.41) is 4.24. The van der Waals surface area contributed by atoms with Crippen LogP contribution in [0.25, 0.3) is 11.1 Å². The van der Waals surface area contributed by atoms with E-state index in [1.807, 2.05) is 63.2 Å². The van der Waals surface area contributed by atoms with Gasteiger partial charge in [0.25, 0.3) is 0 Å². The van der Waals surface area contributed by atoms with E-state index >= 15 is 0 Å². The van der Waals surface area contributed by atoms with E-state index in [-0.39, 0.29) is 17.8 Å². The molecule has 1 fully saturated rings. The van der Waals surface area contributed by atoms with Crippen molar-refractivity contribution in [3.05, 3.63) is 60.2 Å². The molecule has 0 saturated carbocycles. The van der Waals surface area contributed by atoms with Crippen molar-refractivity contribution < 1.29 is 9.63 Å². The van der Waals surface area contributed by atoms with Crippen molar-refractivity contribution in [3.8, 4) is 11.1 Å². The fourth-order valence-corrected chi connectivity index (χ4v) is 2.28. The summed E-state index contributed by atoms with van der Waals surface area (Å²) in [6.07, 6.45) is -0.285. The highest BCUT2D eigenvalue weighted by molar-refractivity contribution is 5.75. The molecule has 114 valence electrons. The lowest BCUT2D eigenvalue weighted by atomic mass is 10.0. The smallest absolute Gasteiger partial charge is 0.332 e. The molecule has 1 unspecified atom stereocenters. The van der Waals surface area contributed by atoms with Gasteiger partial charge >= 0.3 is 6.03 Å². The van der Waals surface area contributed by atoms with Crippen LogP contribution in [0, 0.1) is 0 Å². The minimum Gasteiger partial charge on any atom is -0.332 e. The molecule has 1 aliphatic heterocycles. The summed E-state index contributed by atoms with van der Waals surface area (Å²) in [5.41, 5.74) is 3.03. The molecule has 4 heteroatoms. The monoisotopic (exact) mass is 296 g/mol. The van der Waals surface area contributed by atoms with Gasteiger partial charge in [0.15, 0.2) is 0 Å². The number of rotatable bonds is 2. The molecule has 0 spiro atoms. The molecule has 4 nitrogen and oxygen atoms in total. The van der Waals surface area contributed by atoms with E-state index in [0.29, 0.717) is 0 Å². The van der Waals surface area contributed by atoms with E-state index < -0.39 is 0 Å². The highest BCUT2D eigenvalue weighted by Crippen LogP contribution is 2.37. The maximum atomic E-state index is 12.0. The Morgan fingerprint density at radius 3 is 2.18 bits per heavy atom. The summed E-state index contributed by atoms with van der Waals surface area (Å²) >= 11 is 0. The van der Waals surface area contributed by atoms with Crippen LogP contribution >= 0.6 is 0 Å². The standard InChI is InChI=1S/C18H20N2O2/c1-18(2,3)19-17(21)20-16(22-20)15-11-9-14(10-12-15)13-7-5-4-6-8-13/h4-12,16H,1-3H3,(H,19,21). The van der Waals surface area contributed by atoms with Crippen LogP contribution in [-0.4, -0.2) is 16.6 Å². The lowest BCUT2D eigenvalue weighted by molar-refractivity contribution is 0.169. The average molecular weight is 296 g/mol. The van der Waals surface area contributed by atoms with Crippen molar-refractivity contribution >= 4 is 6.03 Å². The van der Waals surface area contributed by atoms with Crippen LogP contribution in [0.1, 0.15) is 32.6 Å². The van der Waals surface area contributed by atoms with Gasteiger partial charge in [0.2, 0.25) is 6.23 Å². The molecule has 22 heavy (non-hydrogen) atoms. The van der Waals surface area contributed by atoms with Crippen molar-refractivity contribution in [1.29, 1.82) is 0 Å². The Balaban J connectivity index is 1.67. The van der Waals surface area contributed by atoms with Gasteiger partial charge in [-0.2, -0.15) is 5.06 Å². The van der Waals surface area contributed by atoms with E-state index in [9.17, 15) is 4.79 Å². The first-order chi connectivity index (χ1) is 10.4. The van der Waals surface area contributed by atoms with Gasteiger partial charge in [0.1, 0.15) is 0 Å². The number of hydroxylamine groups is 2. The van der Waals surface area contributed by atoms with Gasteiger partial charge in [-0.1, -0.05) is 54.6 Å². The van der Waals surface area contributed by atoms with Crippen LogP contribution in [0.5, 0.6) is 0 Å². The Kier molecular flexibility index (Phi) is 3.62. The normalized spacial score (nSPS) is 17.2. The van der Waals surface area contributed by atoms with Crippen LogP contribution in [0.3, 0.4) is 0 Å². The van der Waals surface area contributed by atoms with Crippen LogP contribution in [0.15, 0.2) is 54.6 Å². The fourth-order valence-electron chi connectivity index (χ4n) is 2.28.